The largest absolute Gasteiger partial charge is 0.478 e. The number of aromatic carboxylic acids is 1. The van der Waals surface area contributed by atoms with E-state index < -0.39 is 5.97 Å². The SMILES string of the molecule is Cc1cc(C(=O)O)ccc1NC(=O)c1cc(Br)cc(Br)c1I. The van der Waals surface area contributed by atoms with Crippen molar-refractivity contribution in [3.8, 4) is 0 Å². The number of anilines is 1. The summed E-state index contributed by atoms with van der Waals surface area (Å²) < 4.78 is 2.42. The molecule has 0 aliphatic rings. The second kappa shape index (κ2) is 7.10. The molecule has 0 saturated heterocycles. The van der Waals surface area contributed by atoms with E-state index in [9.17, 15) is 9.59 Å². The minimum Gasteiger partial charge on any atom is -0.478 e. The van der Waals surface area contributed by atoms with Gasteiger partial charge in [-0.2, -0.15) is 0 Å². The molecule has 0 atom stereocenters. The molecule has 0 saturated carbocycles. The Hall–Kier alpha value is -0.930. The van der Waals surface area contributed by atoms with E-state index in [0.29, 0.717) is 16.8 Å². The summed E-state index contributed by atoms with van der Waals surface area (Å²) in [5.41, 5.74) is 2.00. The third-order valence-corrected chi connectivity index (χ3v) is 5.95. The molecule has 0 fully saturated rings. The van der Waals surface area contributed by atoms with Crippen LogP contribution < -0.4 is 5.32 Å². The fourth-order valence-electron chi connectivity index (χ4n) is 1.85. The van der Waals surface area contributed by atoms with Crippen LogP contribution in [0.3, 0.4) is 0 Å². The van der Waals surface area contributed by atoms with Gasteiger partial charge in [-0.1, -0.05) is 15.9 Å². The van der Waals surface area contributed by atoms with E-state index in [0.717, 1.165) is 12.5 Å². The van der Waals surface area contributed by atoms with Gasteiger partial charge in [-0.25, -0.2) is 4.79 Å². The highest BCUT2D eigenvalue weighted by molar-refractivity contribution is 14.1. The Balaban J connectivity index is 2.32. The van der Waals surface area contributed by atoms with Gasteiger partial charge in [-0.3, -0.25) is 4.79 Å². The number of hydrogen-bond acceptors (Lipinski definition) is 2. The molecule has 4 nitrogen and oxygen atoms in total. The molecular formula is C15H10Br2INO3. The van der Waals surface area contributed by atoms with Gasteiger partial charge in [0.2, 0.25) is 0 Å². The summed E-state index contributed by atoms with van der Waals surface area (Å²) >= 11 is 8.87. The molecule has 0 radical (unpaired) electrons. The highest BCUT2D eigenvalue weighted by Crippen LogP contribution is 2.28. The first kappa shape index (κ1) is 17.4. The van der Waals surface area contributed by atoms with Crippen molar-refractivity contribution >= 4 is 72.0 Å². The molecule has 0 heterocycles. The molecule has 2 rings (SSSR count). The van der Waals surface area contributed by atoms with Crippen molar-refractivity contribution in [3.05, 3.63) is 59.5 Å². The second-order valence-corrected chi connectivity index (χ2v) is 7.39. The zero-order valence-corrected chi connectivity index (χ0v) is 16.6. The van der Waals surface area contributed by atoms with Crippen molar-refractivity contribution in [3.63, 3.8) is 0 Å². The zero-order valence-electron chi connectivity index (χ0n) is 11.3. The number of carboxylic acids is 1. The van der Waals surface area contributed by atoms with Gasteiger partial charge in [0.15, 0.2) is 0 Å². The fraction of sp³-hybridized carbons (Fsp3) is 0.0667. The molecule has 114 valence electrons. The molecule has 0 spiro atoms. The van der Waals surface area contributed by atoms with Crippen molar-refractivity contribution in [1.82, 2.24) is 0 Å². The number of rotatable bonds is 3. The highest BCUT2D eigenvalue weighted by Gasteiger charge is 2.15. The van der Waals surface area contributed by atoms with Gasteiger partial charge in [0.05, 0.1) is 11.1 Å². The maximum Gasteiger partial charge on any atom is 0.335 e. The summed E-state index contributed by atoms with van der Waals surface area (Å²) in [7, 11) is 0. The van der Waals surface area contributed by atoms with Crippen molar-refractivity contribution in [2.75, 3.05) is 5.32 Å². The van der Waals surface area contributed by atoms with Crippen LogP contribution in [0.1, 0.15) is 26.3 Å². The van der Waals surface area contributed by atoms with Crippen LogP contribution in [0, 0.1) is 10.5 Å². The minimum absolute atomic E-state index is 0.190. The summed E-state index contributed by atoms with van der Waals surface area (Å²) in [6.45, 7) is 1.75. The molecule has 0 aromatic heterocycles. The standard InChI is InChI=1S/C15H10Br2INO3/c1-7-4-8(15(21)22)2-3-12(7)19-14(20)10-5-9(16)6-11(17)13(10)18/h2-6H,1H3,(H,19,20)(H,21,22). The second-order valence-electron chi connectivity index (χ2n) is 4.54. The summed E-state index contributed by atoms with van der Waals surface area (Å²) in [4.78, 5) is 23.4. The third kappa shape index (κ3) is 3.88. The van der Waals surface area contributed by atoms with Crippen LogP contribution in [0.2, 0.25) is 0 Å². The first-order chi connectivity index (χ1) is 10.3. The van der Waals surface area contributed by atoms with Crippen molar-refractivity contribution in [1.29, 1.82) is 0 Å². The molecular weight excluding hydrogens is 529 g/mol. The highest BCUT2D eigenvalue weighted by atomic mass is 127. The number of benzene rings is 2. The molecule has 0 unspecified atom stereocenters. The lowest BCUT2D eigenvalue weighted by Gasteiger charge is -2.11. The van der Waals surface area contributed by atoms with Crippen LogP contribution in [-0.2, 0) is 0 Å². The number of carbonyl (C=O) groups excluding carboxylic acids is 1. The summed E-state index contributed by atoms with van der Waals surface area (Å²) in [6.07, 6.45) is 0. The van der Waals surface area contributed by atoms with E-state index >= 15 is 0 Å². The van der Waals surface area contributed by atoms with Gasteiger partial charge in [-0.05, 0) is 81.3 Å². The van der Waals surface area contributed by atoms with Crippen molar-refractivity contribution in [2.45, 2.75) is 6.92 Å². The lowest BCUT2D eigenvalue weighted by molar-refractivity contribution is 0.0696. The van der Waals surface area contributed by atoms with Crippen LogP contribution in [0.25, 0.3) is 0 Å². The van der Waals surface area contributed by atoms with Crippen molar-refractivity contribution < 1.29 is 14.7 Å². The Morgan fingerprint density at radius 2 is 1.86 bits per heavy atom. The van der Waals surface area contributed by atoms with Gasteiger partial charge < -0.3 is 10.4 Å². The average Bonchev–Trinajstić information content (AvgIpc) is 2.44. The van der Waals surface area contributed by atoms with E-state index in [1.165, 1.54) is 12.1 Å². The Morgan fingerprint density at radius 3 is 2.45 bits per heavy atom. The van der Waals surface area contributed by atoms with Crippen LogP contribution in [0.4, 0.5) is 5.69 Å². The maximum absolute atomic E-state index is 12.4. The number of hydrogen-bond donors (Lipinski definition) is 2. The predicted molar refractivity (Wildman–Crippen MR) is 101 cm³/mol. The summed E-state index contributed by atoms with van der Waals surface area (Å²) in [6, 6.07) is 8.19. The van der Waals surface area contributed by atoms with Crippen LogP contribution in [0.5, 0.6) is 0 Å². The Labute approximate surface area is 157 Å². The quantitative estimate of drug-likeness (QED) is 0.423. The molecule has 1 amide bonds. The van der Waals surface area contributed by atoms with Gasteiger partial charge in [0.25, 0.3) is 5.91 Å². The maximum atomic E-state index is 12.4. The number of halogens is 3. The monoisotopic (exact) mass is 537 g/mol. The van der Waals surface area contributed by atoms with E-state index in [2.05, 4.69) is 59.8 Å². The Bertz CT molecular complexity index is 778. The van der Waals surface area contributed by atoms with Gasteiger partial charge in [-0.15, -0.1) is 0 Å². The number of amides is 1. The zero-order chi connectivity index (χ0) is 16.4. The van der Waals surface area contributed by atoms with Gasteiger partial charge in [0.1, 0.15) is 0 Å². The predicted octanol–water partition coefficient (Wildman–Crippen LogP) is 5.08. The smallest absolute Gasteiger partial charge is 0.335 e. The molecule has 2 aromatic rings. The van der Waals surface area contributed by atoms with E-state index in [1.54, 1.807) is 19.1 Å². The lowest BCUT2D eigenvalue weighted by Crippen LogP contribution is -2.15. The normalized spacial score (nSPS) is 10.4. The molecule has 2 aromatic carbocycles. The topological polar surface area (TPSA) is 66.4 Å². The van der Waals surface area contributed by atoms with Crippen LogP contribution in [-0.4, -0.2) is 17.0 Å². The summed E-state index contributed by atoms with van der Waals surface area (Å²) in [5.74, 6) is -1.25. The van der Waals surface area contributed by atoms with Gasteiger partial charge in [0, 0.05) is 18.2 Å². The Kier molecular flexibility index (Phi) is 5.62. The van der Waals surface area contributed by atoms with Crippen LogP contribution >= 0.6 is 54.5 Å². The molecule has 7 heteroatoms. The molecule has 0 aliphatic carbocycles. The number of carbonyl (C=O) groups is 2. The van der Waals surface area contributed by atoms with Gasteiger partial charge >= 0.3 is 5.97 Å². The fourth-order valence-corrected chi connectivity index (χ4v) is 3.63. The van der Waals surface area contributed by atoms with Crippen LogP contribution in [0.15, 0.2) is 39.3 Å². The lowest BCUT2D eigenvalue weighted by atomic mass is 10.1. The molecule has 0 aliphatic heterocycles. The first-order valence-corrected chi connectivity index (χ1v) is 8.76. The molecule has 2 N–H and O–H groups in total. The molecule has 22 heavy (non-hydrogen) atoms. The third-order valence-electron chi connectivity index (χ3n) is 2.96. The van der Waals surface area contributed by atoms with E-state index in [4.69, 9.17) is 5.11 Å². The van der Waals surface area contributed by atoms with Crippen molar-refractivity contribution in [2.24, 2.45) is 0 Å². The van der Waals surface area contributed by atoms with E-state index in [1.807, 2.05) is 6.07 Å². The number of nitrogens with one attached hydrogen (secondary N) is 1. The first-order valence-electron chi connectivity index (χ1n) is 6.09. The number of aryl methyl sites for hydroxylation is 1. The summed E-state index contributed by atoms with van der Waals surface area (Å²) in [5, 5.41) is 11.8. The number of carboxylic acid groups (broad SMARTS) is 1. The minimum atomic E-state index is -0.994. The average molecular weight is 539 g/mol. The van der Waals surface area contributed by atoms with E-state index in [-0.39, 0.29) is 11.5 Å². The molecule has 0 bridgehead atoms. The Morgan fingerprint density at radius 1 is 1.18 bits per heavy atom.